The van der Waals surface area contributed by atoms with E-state index in [0.717, 1.165) is 36.3 Å². The molecule has 1 aliphatic heterocycles. The Morgan fingerprint density at radius 3 is 3.04 bits per heavy atom. The summed E-state index contributed by atoms with van der Waals surface area (Å²) in [6.45, 7) is 2.04. The summed E-state index contributed by atoms with van der Waals surface area (Å²) in [6.07, 6.45) is 8.43. The summed E-state index contributed by atoms with van der Waals surface area (Å²) in [6, 6.07) is 3.81. The maximum absolute atomic E-state index is 12.6. The van der Waals surface area contributed by atoms with Gasteiger partial charge < -0.3 is 15.2 Å². The van der Waals surface area contributed by atoms with Crippen LogP contribution in [-0.4, -0.2) is 43.9 Å². The van der Waals surface area contributed by atoms with Gasteiger partial charge in [-0.25, -0.2) is 15.0 Å². The fourth-order valence-corrected chi connectivity index (χ4v) is 3.21. The molecule has 0 spiro atoms. The van der Waals surface area contributed by atoms with Crippen LogP contribution in [0.25, 0.3) is 11.2 Å². The highest BCUT2D eigenvalue weighted by molar-refractivity contribution is 5.84. The lowest BCUT2D eigenvalue weighted by Gasteiger charge is -2.32. The average Bonchev–Trinajstić information content (AvgIpc) is 3.16. The maximum Gasteiger partial charge on any atom is 0.225 e. The minimum atomic E-state index is -0.0523. The van der Waals surface area contributed by atoms with E-state index < -0.39 is 0 Å². The second-order valence-electron chi connectivity index (χ2n) is 6.16. The van der Waals surface area contributed by atoms with Crippen LogP contribution in [0.2, 0.25) is 0 Å². The highest BCUT2D eigenvalue weighted by atomic mass is 16.1. The van der Waals surface area contributed by atoms with E-state index in [2.05, 4.69) is 35.1 Å². The Labute approximate surface area is 144 Å². The molecule has 8 nitrogen and oxygen atoms in total. The molecule has 4 heterocycles. The summed E-state index contributed by atoms with van der Waals surface area (Å²) in [5, 5.41) is 3.03. The second-order valence-corrected chi connectivity index (χ2v) is 6.16. The molecule has 1 aliphatic rings. The molecule has 3 aromatic heterocycles. The lowest BCUT2D eigenvalue weighted by molar-refractivity contribution is -0.125. The predicted molar refractivity (Wildman–Crippen MR) is 92.7 cm³/mol. The number of nitrogens with one attached hydrogen (secondary N) is 2. The van der Waals surface area contributed by atoms with E-state index >= 15 is 0 Å². The summed E-state index contributed by atoms with van der Waals surface area (Å²) >= 11 is 0. The van der Waals surface area contributed by atoms with Gasteiger partial charge in [0.2, 0.25) is 5.91 Å². The van der Waals surface area contributed by atoms with Gasteiger partial charge in [-0.1, -0.05) is 0 Å². The van der Waals surface area contributed by atoms with Crippen LogP contribution < -0.4 is 10.2 Å². The monoisotopic (exact) mass is 337 g/mol. The number of amides is 1. The van der Waals surface area contributed by atoms with E-state index in [4.69, 9.17) is 0 Å². The minimum absolute atomic E-state index is 0.0523. The topological polar surface area (TPSA) is 99.7 Å². The minimum Gasteiger partial charge on any atom is -0.354 e. The number of carbonyl (C=O) groups is 1. The fourth-order valence-electron chi connectivity index (χ4n) is 3.21. The number of rotatable bonds is 4. The van der Waals surface area contributed by atoms with Crippen LogP contribution in [0.4, 0.5) is 5.82 Å². The van der Waals surface area contributed by atoms with Crippen molar-refractivity contribution in [3.05, 3.63) is 42.7 Å². The van der Waals surface area contributed by atoms with Crippen molar-refractivity contribution < 1.29 is 4.79 Å². The Balaban J connectivity index is 1.44. The molecule has 0 aliphatic carbocycles. The van der Waals surface area contributed by atoms with Crippen LogP contribution in [0.5, 0.6) is 0 Å². The molecule has 128 valence electrons. The van der Waals surface area contributed by atoms with Gasteiger partial charge in [0.15, 0.2) is 11.5 Å². The number of imidazole rings is 1. The third kappa shape index (κ3) is 3.28. The third-order valence-electron chi connectivity index (χ3n) is 4.51. The number of piperidine rings is 1. The van der Waals surface area contributed by atoms with Gasteiger partial charge in [0, 0.05) is 32.0 Å². The first-order valence-electron chi connectivity index (χ1n) is 8.37. The number of aromatic amines is 1. The summed E-state index contributed by atoms with van der Waals surface area (Å²) in [5.74, 6) is 0.842. The van der Waals surface area contributed by atoms with Crippen molar-refractivity contribution in [3.8, 4) is 0 Å². The van der Waals surface area contributed by atoms with Crippen LogP contribution >= 0.6 is 0 Å². The van der Waals surface area contributed by atoms with E-state index in [1.165, 1.54) is 6.33 Å². The highest BCUT2D eigenvalue weighted by Gasteiger charge is 2.27. The number of aromatic nitrogens is 5. The normalized spacial score (nSPS) is 17.6. The Morgan fingerprint density at radius 1 is 1.28 bits per heavy atom. The molecule has 25 heavy (non-hydrogen) atoms. The van der Waals surface area contributed by atoms with Crippen molar-refractivity contribution in [1.29, 1.82) is 0 Å². The van der Waals surface area contributed by atoms with E-state index in [1.54, 1.807) is 18.7 Å². The molecule has 0 bridgehead atoms. The van der Waals surface area contributed by atoms with E-state index in [0.29, 0.717) is 18.7 Å². The fraction of sp³-hybridized carbons (Fsp3) is 0.353. The van der Waals surface area contributed by atoms with Gasteiger partial charge in [-0.2, -0.15) is 0 Å². The number of H-pyrrole nitrogens is 1. The van der Waals surface area contributed by atoms with Crippen LogP contribution in [-0.2, 0) is 11.3 Å². The Bertz CT molecular complexity index is 864. The molecule has 4 rings (SSSR count). The van der Waals surface area contributed by atoms with E-state index in [1.807, 2.05) is 12.1 Å². The van der Waals surface area contributed by atoms with Gasteiger partial charge in [0.05, 0.1) is 12.2 Å². The largest absolute Gasteiger partial charge is 0.354 e. The average molecular weight is 337 g/mol. The highest BCUT2D eigenvalue weighted by Crippen LogP contribution is 2.25. The summed E-state index contributed by atoms with van der Waals surface area (Å²) in [5.41, 5.74) is 2.51. The number of nitrogens with zero attached hydrogens (tertiary/aromatic N) is 5. The Kier molecular flexibility index (Phi) is 4.24. The van der Waals surface area contributed by atoms with Crippen molar-refractivity contribution in [2.75, 3.05) is 18.0 Å². The SMILES string of the molecule is O=C(NCc1ccncc1)C1CCCN(c2ncnc3nc[nH]c23)C1. The molecule has 1 amide bonds. The first-order valence-corrected chi connectivity index (χ1v) is 8.37. The standard InChI is InChI=1S/C17H19N7O/c25-17(19-8-12-3-5-18-6-4-12)13-2-1-7-24(9-13)16-14-15(21-10-20-14)22-11-23-16/h3-6,10-11,13H,1-2,7-9H2,(H,19,25)(H,20,21,22,23). The smallest absolute Gasteiger partial charge is 0.225 e. The van der Waals surface area contributed by atoms with Crippen molar-refractivity contribution in [1.82, 2.24) is 30.2 Å². The molecule has 1 unspecified atom stereocenters. The molecule has 3 aromatic rings. The van der Waals surface area contributed by atoms with Crippen molar-refractivity contribution in [3.63, 3.8) is 0 Å². The molecule has 0 radical (unpaired) electrons. The van der Waals surface area contributed by atoms with Gasteiger partial charge in [0.1, 0.15) is 11.8 Å². The second kappa shape index (κ2) is 6.84. The molecule has 1 atom stereocenters. The van der Waals surface area contributed by atoms with Gasteiger partial charge in [-0.15, -0.1) is 0 Å². The molecule has 2 N–H and O–H groups in total. The van der Waals surface area contributed by atoms with Crippen LogP contribution in [0.1, 0.15) is 18.4 Å². The number of pyridine rings is 1. The van der Waals surface area contributed by atoms with Crippen molar-refractivity contribution in [2.24, 2.45) is 5.92 Å². The van der Waals surface area contributed by atoms with E-state index in [-0.39, 0.29) is 11.8 Å². The number of anilines is 1. The maximum atomic E-state index is 12.6. The lowest BCUT2D eigenvalue weighted by atomic mass is 9.97. The zero-order valence-electron chi connectivity index (χ0n) is 13.7. The van der Waals surface area contributed by atoms with Gasteiger partial charge >= 0.3 is 0 Å². The number of hydrogen-bond donors (Lipinski definition) is 2. The predicted octanol–water partition coefficient (Wildman–Crippen LogP) is 1.28. The van der Waals surface area contributed by atoms with Gasteiger partial charge in [-0.05, 0) is 30.5 Å². The first-order chi connectivity index (χ1) is 12.3. The lowest BCUT2D eigenvalue weighted by Crippen LogP contribution is -2.43. The van der Waals surface area contributed by atoms with E-state index in [9.17, 15) is 4.79 Å². The Morgan fingerprint density at radius 2 is 2.16 bits per heavy atom. The summed E-state index contributed by atoms with van der Waals surface area (Å²) < 4.78 is 0. The van der Waals surface area contributed by atoms with Crippen LogP contribution in [0, 0.1) is 5.92 Å². The summed E-state index contributed by atoms with van der Waals surface area (Å²) in [7, 11) is 0. The quantitative estimate of drug-likeness (QED) is 0.744. The number of fused-ring (bicyclic) bond motifs is 1. The molecule has 0 aromatic carbocycles. The third-order valence-corrected chi connectivity index (χ3v) is 4.51. The van der Waals surface area contributed by atoms with Crippen molar-refractivity contribution in [2.45, 2.75) is 19.4 Å². The summed E-state index contributed by atoms with van der Waals surface area (Å²) in [4.78, 5) is 34.5. The van der Waals surface area contributed by atoms with Gasteiger partial charge in [0.25, 0.3) is 0 Å². The molecular formula is C17H19N7O. The molecule has 1 saturated heterocycles. The van der Waals surface area contributed by atoms with Gasteiger partial charge in [-0.3, -0.25) is 9.78 Å². The number of carbonyl (C=O) groups excluding carboxylic acids is 1. The number of hydrogen-bond acceptors (Lipinski definition) is 6. The van der Waals surface area contributed by atoms with Crippen LogP contribution in [0.15, 0.2) is 37.2 Å². The molecular weight excluding hydrogens is 318 g/mol. The first kappa shape index (κ1) is 15.5. The van der Waals surface area contributed by atoms with Crippen LogP contribution in [0.3, 0.4) is 0 Å². The zero-order valence-corrected chi connectivity index (χ0v) is 13.7. The van der Waals surface area contributed by atoms with Crippen molar-refractivity contribution >= 4 is 22.9 Å². The molecule has 1 fully saturated rings. The Hall–Kier alpha value is -3.03. The molecule has 8 heteroatoms. The zero-order chi connectivity index (χ0) is 17.1. The molecule has 0 saturated carbocycles.